The van der Waals surface area contributed by atoms with E-state index < -0.39 is 0 Å². The van der Waals surface area contributed by atoms with E-state index in [4.69, 9.17) is 4.42 Å². The Balaban J connectivity index is 1.35. The highest BCUT2D eigenvalue weighted by Gasteiger charge is 2.44. The van der Waals surface area contributed by atoms with Crippen LogP contribution in [-0.4, -0.2) is 12.6 Å². The number of furan rings is 1. The number of hydrogen-bond acceptors (Lipinski definition) is 2. The van der Waals surface area contributed by atoms with Gasteiger partial charge < -0.3 is 15.1 Å². The molecule has 2 N–H and O–H groups in total. The summed E-state index contributed by atoms with van der Waals surface area (Å²) >= 11 is 0. The number of hydrogen-bond donors (Lipinski definition) is 2. The van der Waals surface area contributed by atoms with E-state index in [1.165, 1.54) is 12.1 Å². The Morgan fingerprint density at radius 2 is 2.04 bits per heavy atom. The lowest BCUT2D eigenvalue weighted by Gasteiger charge is -2.24. The topological polar surface area (TPSA) is 54.3 Å². The van der Waals surface area contributed by atoms with Crippen LogP contribution in [0.4, 0.5) is 9.18 Å². The van der Waals surface area contributed by atoms with E-state index in [1.807, 2.05) is 18.2 Å². The summed E-state index contributed by atoms with van der Waals surface area (Å²) in [5, 5.41) is 6.05. The van der Waals surface area contributed by atoms with E-state index in [2.05, 4.69) is 10.6 Å². The predicted octanol–water partition coefficient (Wildman–Crippen LogP) is 3.83. The number of carbonyl (C=O) groups is 1. The van der Waals surface area contributed by atoms with Gasteiger partial charge in [-0.15, -0.1) is 0 Å². The van der Waals surface area contributed by atoms with Crippen LogP contribution in [0.2, 0.25) is 0 Å². The summed E-state index contributed by atoms with van der Waals surface area (Å²) in [6.07, 6.45) is 6.63. The normalized spacial score (nSPS) is 21.0. The van der Waals surface area contributed by atoms with Crippen LogP contribution < -0.4 is 10.6 Å². The lowest BCUT2D eigenvalue weighted by Crippen LogP contribution is -2.42. The van der Waals surface area contributed by atoms with Gasteiger partial charge in [0.05, 0.1) is 12.3 Å². The smallest absolute Gasteiger partial charge is 0.315 e. The number of amides is 2. The summed E-state index contributed by atoms with van der Waals surface area (Å²) in [6, 6.07) is 8.42. The van der Waals surface area contributed by atoms with Gasteiger partial charge in [0.1, 0.15) is 11.6 Å². The first-order valence-electron chi connectivity index (χ1n) is 8.53. The number of urea groups is 1. The fraction of sp³-hybridized carbons (Fsp3) is 0.421. The molecule has 0 spiro atoms. The molecule has 4 rings (SSSR count). The molecule has 2 amide bonds. The highest BCUT2D eigenvalue weighted by molar-refractivity contribution is 5.74. The predicted molar refractivity (Wildman–Crippen MR) is 88.2 cm³/mol. The number of nitrogens with one attached hydrogen (secondary N) is 2. The van der Waals surface area contributed by atoms with Crippen LogP contribution in [0, 0.1) is 5.82 Å². The van der Waals surface area contributed by atoms with Crippen LogP contribution >= 0.6 is 0 Å². The summed E-state index contributed by atoms with van der Waals surface area (Å²) in [5.74, 6) is 0.755. The zero-order valence-electron chi connectivity index (χ0n) is 13.5. The molecule has 1 saturated carbocycles. The van der Waals surface area contributed by atoms with Crippen LogP contribution in [0.3, 0.4) is 0 Å². The Kier molecular flexibility index (Phi) is 3.79. The Bertz CT molecular complexity index is 734. The van der Waals surface area contributed by atoms with Gasteiger partial charge in [-0.1, -0.05) is 12.1 Å². The van der Waals surface area contributed by atoms with Crippen LogP contribution in [0.1, 0.15) is 48.6 Å². The maximum absolute atomic E-state index is 13.1. The van der Waals surface area contributed by atoms with Crippen molar-refractivity contribution < 1.29 is 13.6 Å². The van der Waals surface area contributed by atoms with Crippen LogP contribution in [0.5, 0.6) is 0 Å². The van der Waals surface area contributed by atoms with Crippen molar-refractivity contribution in [3.05, 3.63) is 59.3 Å². The molecule has 0 saturated heterocycles. The van der Waals surface area contributed by atoms with Crippen molar-refractivity contribution in [3.63, 3.8) is 0 Å². The number of rotatable bonds is 4. The molecule has 2 aliphatic rings. The first-order valence-corrected chi connectivity index (χ1v) is 8.53. The molecule has 1 aromatic carbocycles. The molecule has 5 heteroatoms. The minimum absolute atomic E-state index is 0.0217. The second-order valence-corrected chi connectivity index (χ2v) is 6.86. The van der Waals surface area contributed by atoms with Gasteiger partial charge in [-0.3, -0.25) is 0 Å². The van der Waals surface area contributed by atoms with Crippen molar-refractivity contribution in [3.8, 4) is 0 Å². The van der Waals surface area contributed by atoms with Gasteiger partial charge in [0.15, 0.2) is 0 Å². The molecular formula is C19H21FN2O2. The van der Waals surface area contributed by atoms with Crippen molar-refractivity contribution in [2.45, 2.75) is 43.6 Å². The molecule has 1 atom stereocenters. The van der Waals surface area contributed by atoms with Gasteiger partial charge in [0, 0.05) is 23.9 Å². The Hall–Kier alpha value is -2.30. The minimum atomic E-state index is -0.228. The first kappa shape index (κ1) is 15.2. The van der Waals surface area contributed by atoms with Gasteiger partial charge in [-0.2, -0.15) is 0 Å². The molecule has 126 valence electrons. The molecule has 0 radical (unpaired) electrons. The Labute approximate surface area is 140 Å². The second kappa shape index (κ2) is 5.96. The van der Waals surface area contributed by atoms with Gasteiger partial charge in [-0.25, -0.2) is 9.18 Å². The lowest BCUT2D eigenvalue weighted by molar-refractivity contribution is 0.234. The van der Waals surface area contributed by atoms with E-state index in [0.29, 0.717) is 6.54 Å². The van der Waals surface area contributed by atoms with Crippen LogP contribution in [0.25, 0.3) is 0 Å². The second-order valence-electron chi connectivity index (χ2n) is 6.86. The Morgan fingerprint density at radius 1 is 1.25 bits per heavy atom. The van der Waals surface area contributed by atoms with E-state index in [9.17, 15) is 9.18 Å². The van der Waals surface area contributed by atoms with Gasteiger partial charge in [0.25, 0.3) is 0 Å². The fourth-order valence-corrected chi connectivity index (χ4v) is 3.62. The Morgan fingerprint density at radius 3 is 2.79 bits per heavy atom. The summed E-state index contributed by atoms with van der Waals surface area (Å²) in [4.78, 5) is 12.3. The highest BCUT2D eigenvalue weighted by Crippen LogP contribution is 2.47. The third-order valence-corrected chi connectivity index (χ3v) is 5.25. The molecular weight excluding hydrogens is 307 g/mol. The zero-order chi connectivity index (χ0) is 16.6. The van der Waals surface area contributed by atoms with Crippen LogP contribution in [-0.2, 0) is 11.8 Å². The summed E-state index contributed by atoms with van der Waals surface area (Å²) < 4.78 is 18.5. The average Bonchev–Trinajstić information content (AvgIpc) is 3.22. The largest absolute Gasteiger partial charge is 0.469 e. The standard InChI is InChI=1S/C19H21FN2O2/c20-14-6-4-13(5-7-14)19(9-10-19)12-21-18(23)22-16-2-1-3-17-15(16)8-11-24-17/h4-8,11,16H,1-3,9-10,12H2,(H2,21,22,23). The third-order valence-electron chi connectivity index (χ3n) is 5.25. The van der Waals surface area contributed by atoms with E-state index in [0.717, 1.165) is 49.0 Å². The van der Waals surface area contributed by atoms with Gasteiger partial charge in [-0.05, 0) is 49.4 Å². The third kappa shape index (κ3) is 2.90. The molecule has 2 aromatic rings. The molecule has 24 heavy (non-hydrogen) atoms. The fourth-order valence-electron chi connectivity index (χ4n) is 3.62. The molecule has 1 unspecified atom stereocenters. The molecule has 1 heterocycles. The van der Waals surface area contributed by atoms with E-state index in [-0.39, 0.29) is 23.3 Å². The number of carbonyl (C=O) groups excluding carboxylic acids is 1. The molecule has 2 aliphatic carbocycles. The molecule has 0 aliphatic heterocycles. The maximum atomic E-state index is 13.1. The average molecular weight is 328 g/mol. The molecule has 0 bridgehead atoms. The maximum Gasteiger partial charge on any atom is 0.315 e. The first-order chi connectivity index (χ1) is 11.7. The van der Waals surface area contributed by atoms with Gasteiger partial charge in [0.2, 0.25) is 0 Å². The van der Waals surface area contributed by atoms with Crippen molar-refractivity contribution in [2.24, 2.45) is 0 Å². The van der Waals surface area contributed by atoms with Crippen molar-refractivity contribution in [1.29, 1.82) is 0 Å². The van der Waals surface area contributed by atoms with Gasteiger partial charge >= 0.3 is 6.03 Å². The SMILES string of the molecule is O=C(NCC1(c2ccc(F)cc2)CC1)NC1CCCc2occc21. The molecule has 4 nitrogen and oxygen atoms in total. The number of benzene rings is 1. The summed E-state index contributed by atoms with van der Waals surface area (Å²) in [6.45, 7) is 0.579. The quantitative estimate of drug-likeness (QED) is 0.896. The van der Waals surface area contributed by atoms with Crippen LogP contribution in [0.15, 0.2) is 41.0 Å². The number of halogens is 1. The van der Waals surface area contributed by atoms with Crippen molar-refractivity contribution >= 4 is 6.03 Å². The van der Waals surface area contributed by atoms with Crippen molar-refractivity contribution in [2.75, 3.05) is 6.54 Å². The summed E-state index contributed by atoms with van der Waals surface area (Å²) in [7, 11) is 0. The van der Waals surface area contributed by atoms with E-state index >= 15 is 0 Å². The minimum Gasteiger partial charge on any atom is -0.469 e. The zero-order valence-corrected chi connectivity index (χ0v) is 13.5. The number of aryl methyl sites for hydroxylation is 1. The lowest BCUT2D eigenvalue weighted by atomic mass is 9.93. The highest BCUT2D eigenvalue weighted by atomic mass is 19.1. The summed E-state index contributed by atoms with van der Waals surface area (Å²) in [5.41, 5.74) is 2.16. The van der Waals surface area contributed by atoms with E-state index in [1.54, 1.807) is 6.26 Å². The number of fused-ring (bicyclic) bond motifs is 1. The van der Waals surface area contributed by atoms with Crippen molar-refractivity contribution in [1.82, 2.24) is 10.6 Å². The molecule has 1 fully saturated rings. The molecule has 1 aromatic heterocycles. The monoisotopic (exact) mass is 328 g/mol.